The summed E-state index contributed by atoms with van der Waals surface area (Å²) in [4.78, 5) is 23.6. The summed E-state index contributed by atoms with van der Waals surface area (Å²) in [5.41, 5.74) is 0.774. The predicted octanol–water partition coefficient (Wildman–Crippen LogP) is 2.21. The van der Waals surface area contributed by atoms with Crippen LogP contribution in [0, 0.1) is 0 Å². The monoisotopic (exact) mass is 296 g/mol. The molecule has 1 aromatic carbocycles. The second kappa shape index (κ2) is 6.72. The Bertz CT molecular complexity index is 513. The van der Waals surface area contributed by atoms with Crippen LogP contribution in [0.4, 0.5) is 5.69 Å². The van der Waals surface area contributed by atoms with Gasteiger partial charge in [0, 0.05) is 0 Å². The summed E-state index contributed by atoms with van der Waals surface area (Å²) in [6.45, 7) is 0.841. The van der Waals surface area contributed by atoms with Crippen molar-refractivity contribution in [2.24, 2.45) is 0 Å². The quantitative estimate of drug-likeness (QED) is 0.839. The maximum Gasteiger partial charge on any atom is 0.337 e. The number of methoxy groups -OCH3 is 1. The highest BCUT2D eigenvalue weighted by Crippen LogP contribution is 2.24. The normalized spacial score (nSPS) is 18.4. The van der Waals surface area contributed by atoms with E-state index in [-0.39, 0.29) is 11.9 Å². The lowest BCUT2D eigenvalue weighted by atomic mass is 10.0. The molecule has 20 heavy (non-hydrogen) atoms. The lowest BCUT2D eigenvalue weighted by Crippen LogP contribution is -2.43. The Morgan fingerprint density at radius 1 is 1.40 bits per heavy atom. The minimum absolute atomic E-state index is 0.131. The van der Waals surface area contributed by atoms with E-state index in [4.69, 9.17) is 11.6 Å². The van der Waals surface area contributed by atoms with Gasteiger partial charge < -0.3 is 15.4 Å². The van der Waals surface area contributed by atoms with E-state index in [1.807, 2.05) is 0 Å². The second-order valence-electron chi connectivity index (χ2n) is 4.68. The van der Waals surface area contributed by atoms with Crippen LogP contribution in [-0.2, 0) is 9.53 Å². The van der Waals surface area contributed by atoms with Gasteiger partial charge in [-0.3, -0.25) is 4.79 Å². The van der Waals surface area contributed by atoms with Gasteiger partial charge in [0.15, 0.2) is 0 Å². The SMILES string of the molecule is COC(=O)c1ccc(Cl)c(NC(=O)[C@@H]2CCCCN2)c1. The molecule has 5 nitrogen and oxygen atoms in total. The van der Waals surface area contributed by atoms with E-state index >= 15 is 0 Å². The smallest absolute Gasteiger partial charge is 0.337 e. The Morgan fingerprint density at radius 2 is 2.20 bits per heavy atom. The molecule has 0 unspecified atom stereocenters. The molecule has 1 fully saturated rings. The fraction of sp³-hybridized carbons (Fsp3) is 0.429. The van der Waals surface area contributed by atoms with Crippen LogP contribution in [-0.4, -0.2) is 31.6 Å². The standard InChI is InChI=1S/C14H17ClN2O3/c1-20-14(19)9-5-6-10(15)12(8-9)17-13(18)11-4-2-3-7-16-11/h5-6,8,11,16H,2-4,7H2,1H3,(H,17,18)/t11-/m0/s1. The fourth-order valence-electron chi connectivity index (χ4n) is 2.16. The maximum absolute atomic E-state index is 12.1. The summed E-state index contributed by atoms with van der Waals surface area (Å²) in [7, 11) is 1.31. The molecule has 2 N–H and O–H groups in total. The molecule has 108 valence electrons. The number of hydrogen-bond acceptors (Lipinski definition) is 4. The van der Waals surface area contributed by atoms with Crippen LogP contribution in [0.1, 0.15) is 29.6 Å². The number of carbonyl (C=O) groups excluding carboxylic acids is 2. The van der Waals surface area contributed by atoms with E-state index in [1.54, 1.807) is 12.1 Å². The number of carbonyl (C=O) groups is 2. The molecule has 1 saturated heterocycles. The van der Waals surface area contributed by atoms with Crippen LogP contribution in [0.2, 0.25) is 5.02 Å². The van der Waals surface area contributed by atoms with Gasteiger partial charge in [-0.1, -0.05) is 18.0 Å². The summed E-state index contributed by atoms with van der Waals surface area (Å²) < 4.78 is 4.65. The average molecular weight is 297 g/mol. The van der Waals surface area contributed by atoms with Crippen molar-refractivity contribution in [2.45, 2.75) is 25.3 Å². The molecule has 0 aromatic heterocycles. The number of esters is 1. The van der Waals surface area contributed by atoms with Crippen molar-refractivity contribution in [2.75, 3.05) is 19.0 Å². The van der Waals surface area contributed by atoms with E-state index in [9.17, 15) is 9.59 Å². The highest BCUT2D eigenvalue weighted by molar-refractivity contribution is 6.34. The van der Waals surface area contributed by atoms with Crippen LogP contribution in [0.25, 0.3) is 0 Å². The molecule has 1 aliphatic rings. The van der Waals surface area contributed by atoms with Crippen molar-refractivity contribution in [3.8, 4) is 0 Å². The van der Waals surface area contributed by atoms with Crippen molar-refractivity contribution >= 4 is 29.2 Å². The van der Waals surface area contributed by atoms with E-state index in [1.165, 1.54) is 13.2 Å². The molecular weight excluding hydrogens is 280 g/mol. The Labute approximate surface area is 122 Å². The van der Waals surface area contributed by atoms with Crippen LogP contribution < -0.4 is 10.6 Å². The lowest BCUT2D eigenvalue weighted by Gasteiger charge is -2.22. The zero-order chi connectivity index (χ0) is 14.5. The first kappa shape index (κ1) is 14.8. The molecule has 6 heteroatoms. The highest BCUT2D eigenvalue weighted by atomic mass is 35.5. The molecule has 0 aliphatic carbocycles. The van der Waals surface area contributed by atoms with E-state index in [2.05, 4.69) is 15.4 Å². The molecule has 1 atom stereocenters. The number of nitrogens with one attached hydrogen (secondary N) is 2. The molecule has 1 aliphatic heterocycles. The third kappa shape index (κ3) is 3.49. The maximum atomic E-state index is 12.1. The van der Waals surface area contributed by atoms with Crippen LogP contribution in [0.15, 0.2) is 18.2 Å². The molecule has 0 radical (unpaired) electrons. The van der Waals surface area contributed by atoms with Gasteiger partial charge in [-0.25, -0.2) is 4.79 Å². The van der Waals surface area contributed by atoms with Crippen molar-refractivity contribution in [3.05, 3.63) is 28.8 Å². The highest BCUT2D eigenvalue weighted by Gasteiger charge is 2.21. The number of ether oxygens (including phenoxy) is 1. The topological polar surface area (TPSA) is 67.4 Å². The zero-order valence-electron chi connectivity index (χ0n) is 11.2. The Kier molecular flexibility index (Phi) is 4.98. The lowest BCUT2D eigenvalue weighted by molar-refractivity contribution is -0.118. The van der Waals surface area contributed by atoms with Crippen molar-refractivity contribution in [1.82, 2.24) is 5.32 Å². The molecule has 1 heterocycles. The number of benzene rings is 1. The minimum Gasteiger partial charge on any atom is -0.465 e. The first-order valence-electron chi connectivity index (χ1n) is 6.54. The minimum atomic E-state index is -0.465. The second-order valence-corrected chi connectivity index (χ2v) is 5.09. The molecular formula is C14H17ClN2O3. The third-order valence-electron chi connectivity index (χ3n) is 3.27. The van der Waals surface area contributed by atoms with Gasteiger partial charge in [-0.15, -0.1) is 0 Å². The molecule has 0 saturated carbocycles. The third-order valence-corrected chi connectivity index (χ3v) is 3.60. The van der Waals surface area contributed by atoms with Gasteiger partial charge >= 0.3 is 5.97 Å². The van der Waals surface area contributed by atoms with E-state index in [0.29, 0.717) is 16.3 Å². The fourth-order valence-corrected chi connectivity index (χ4v) is 2.33. The van der Waals surface area contributed by atoms with Gasteiger partial charge in [0.25, 0.3) is 0 Å². The number of piperidine rings is 1. The van der Waals surface area contributed by atoms with Crippen molar-refractivity contribution in [1.29, 1.82) is 0 Å². The van der Waals surface area contributed by atoms with Crippen molar-refractivity contribution in [3.63, 3.8) is 0 Å². The Morgan fingerprint density at radius 3 is 2.85 bits per heavy atom. The molecule has 0 spiro atoms. The van der Waals surface area contributed by atoms with Crippen LogP contribution in [0.3, 0.4) is 0 Å². The Hall–Kier alpha value is -1.59. The largest absolute Gasteiger partial charge is 0.465 e. The molecule has 1 amide bonds. The van der Waals surface area contributed by atoms with Gasteiger partial charge in [0.2, 0.25) is 5.91 Å². The predicted molar refractivity (Wildman–Crippen MR) is 77.1 cm³/mol. The number of hydrogen-bond donors (Lipinski definition) is 2. The van der Waals surface area contributed by atoms with E-state index in [0.717, 1.165) is 25.8 Å². The van der Waals surface area contributed by atoms with E-state index < -0.39 is 5.97 Å². The van der Waals surface area contributed by atoms with Gasteiger partial charge in [-0.05, 0) is 37.6 Å². The summed E-state index contributed by atoms with van der Waals surface area (Å²) in [5, 5.41) is 6.31. The van der Waals surface area contributed by atoms with Crippen molar-refractivity contribution < 1.29 is 14.3 Å². The Balaban J connectivity index is 2.11. The number of amides is 1. The molecule has 1 aromatic rings. The number of halogens is 1. The first-order chi connectivity index (χ1) is 9.61. The molecule has 2 rings (SSSR count). The molecule has 0 bridgehead atoms. The summed E-state index contributed by atoms with van der Waals surface area (Å²) >= 11 is 6.04. The van der Waals surface area contributed by atoms with Gasteiger partial charge in [-0.2, -0.15) is 0 Å². The summed E-state index contributed by atoms with van der Waals surface area (Å²) in [6, 6.07) is 4.44. The van der Waals surface area contributed by atoms with Gasteiger partial charge in [0.05, 0.1) is 29.4 Å². The average Bonchev–Trinajstić information content (AvgIpc) is 2.49. The summed E-state index contributed by atoms with van der Waals surface area (Å²) in [5.74, 6) is -0.596. The van der Waals surface area contributed by atoms with Crippen LogP contribution >= 0.6 is 11.6 Å². The number of rotatable bonds is 3. The van der Waals surface area contributed by atoms with Crippen LogP contribution in [0.5, 0.6) is 0 Å². The van der Waals surface area contributed by atoms with Gasteiger partial charge in [0.1, 0.15) is 0 Å². The summed E-state index contributed by atoms with van der Waals surface area (Å²) in [6.07, 6.45) is 2.92. The number of anilines is 1. The first-order valence-corrected chi connectivity index (χ1v) is 6.91. The zero-order valence-corrected chi connectivity index (χ0v) is 12.0.